The first-order valence-corrected chi connectivity index (χ1v) is 10.6. The van der Waals surface area contributed by atoms with E-state index in [1.165, 1.54) is 14.6 Å². The first kappa shape index (κ1) is 17.5. The smallest absolute Gasteiger partial charge is 0.261 e. The number of carbonyl (C=O) groups excluding carboxylic acids is 2. The fraction of sp³-hybridized carbons (Fsp3) is 0.318. The number of imide groups is 1. The van der Waals surface area contributed by atoms with Crippen LogP contribution in [0.4, 0.5) is 0 Å². The van der Waals surface area contributed by atoms with Crippen molar-refractivity contribution in [3.63, 3.8) is 0 Å². The molecule has 0 radical (unpaired) electrons. The molecule has 5 rings (SSSR count). The van der Waals surface area contributed by atoms with E-state index in [4.69, 9.17) is 4.98 Å². The van der Waals surface area contributed by atoms with Crippen molar-refractivity contribution in [2.24, 2.45) is 0 Å². The Hall–Kier alpha value is -2.57. The molecule has 0 N–H and O–H groups in total. The minimum Gasteiger partial charge on any atom is -0.301 e. The van der Waals surface area contributed by atoms with Crippen molar-refractivity contribution >= 4 is 33.4 Å². The molecule has 2 aliphatic rings. The minimum atomic E-state index is -0.166. The number of piperidine rings is 1. The molecular weight excluding hydrogens is 370 g/mol. The van der Waals surface area contributed by atoms with Crippen LogP contribution in [0.1, 0.15) is 44.5 Å². The van der Waals surface area contributed by atoms with E-state index in [0.717, 1.165) is 31.4 Å². The van der Waals surface area contributed by atoms with Gasteiger partial charge in [-0.3, -0.25) is 14.5 Å². The van der Waals surface area contributed by atoms with Crippen LogP contribution in [-0.4, -0.2) is 52.8 Å². The number of amides is 2. The van der Waals surface area contributed by atoms with Gasteiger partial charge in [-0.05, 0) is 43.7 Å². The van der Waals surface area contributed by atoms with Crippen molar-refractivity contribution in [1.29, 1.82) is 0 Å². The van der Waals surface area contributed by atoms with E-state index < -0.39 is 0 Å². The average Bonchev–Trinajstić information content (AvgIpc) is 3.27. The largest absolute Gasteiger partial charge is 0.301 e. The SMILES string of the molecule is O=C1c2ccccc2C(=O)N1CCN1CCC[C@H](c2nc3ccccc3s2)C1. The van der Waals surface area contributed by atoms with Crippen LogP contribution in [0.25, 0.3) is 10.2 Å². The van der Waals surface area contributed by atoms with Crippen LogP contribution in [0.2, 0.25) is 0 Å². The van der Waals surface area contributed by atoms with Gasteiger partial charge in [0.2, 0.25) is 0 Å². The van der Waals surface area contributed by atoms with E-state index in [-0.39, 0.29) is 11.8 Å². The maximum Gasteiger partial charge on any atom is 0.261 e. The van der Waals surface area contributed by atoms with Crippen LogP contribution < -0.4 is 0 Å². The summed E-state index contributed by atoms with van der Waals surface area (Å²) in [5, 5.41) is 1.20. The predicted octanol–water partition coefficient (Wildman–Crippen LogP) is 3.77. The number of carbonyl (C=O) groups is 2. The van der Waals surface area contributed by atoms with Crippen LogP contribution >= 0.6 is 11.3 Å². The number of fused-ring (bicyclic) bond motifs is 2. The second kappa shape index (κ2) is 7.11. The molecule has 0 spiro atoms. The molecule has 142 valence electrons. The summed E-state index contributed by atoms with van der Waals surface area (Å²) >= 11 is 1.79. The van der Waals surface area contributed by atoms with Crippen LogP contribution in [0.15, 0.2) is 48.5 Å². The lowest BCUT2D eigenvalue weighted by Gasteiger charge is -2.32. The molecule has 6 heteroatoms. The van der Waals surface area contributed by atoms with Gasteiger partial charge >= 0.3 is 0 Å². The standard InChI is InChI=1S/C22H21N3O2S/c26-21-16-7-1-2-8-17(16)22(27)25(21)13-12-24-11-5-6-15(14-24)20-23-18-9-3-4-10-19(18)28-20/h1-4,7-10,15H,5-6,11-14H2/t15-/m0/s1. The molecule has 3 heterocycles. The first-order chi connectivity index (χ1) is 13.7. The Morgan fingerprint density at radius 2 is 1.68 bits per heavy atom. The van der Waals surface area contributed by atoms with E-state index >= 15 is 0 Å². The number of thiazole rings is 1. The number of benzene rings is 2. The number of likely N-dealkylation sites (tertiary alicyclic amines) is 1. The van der Waals surface area contributed by atoms with Gasteiger partial charge in [0.15, 0.2) is 0 Å². The zero-order chi connectivity index (χ0) is 19.1. The molecule has 2 aliphatic heterocycles. The van der Waals surface area contributed by atoms with E-state index in [2.05, 4.69) is 23.1 Å². The van der Waals surface area contributed by atoms with Crippen LogP contribution in [-0.2, 0) is 0 Å². The molecular formula is C22H21N3O2S. The van der Waals surface area contributed by atoms with Gasteiger partial charge in [0.05, 0.1) is 26.4 Å². The first-order valence-electron chi connectivity index (χ1n) is 9.74. The van der Waals surface area contributed by atoms with Crippen molar-refractivity contribution in [3.05, 3.63) is 64.7 Å². The van der Waals surface area contributed by atoms with Gasteiger partial charge in [0.25, 0.3) is 11.8 Å². The quantitative estimate of drug-likeness (QED) is 0.635. The van der Waals surface area contributed by atoms with Crippen LogP contribution in [0.5, 0.6) is 0 Å². The van der Waals surface area contributed by atoms with Gasteiger partial charge in [0, 0.05) is 25.6 Å². The Balaban J connectivity index is 1.25. The number of rotatable bonds is 4. The van der Waals surface area contributed by atoms with Gasteiger partial charge in [-0.2, -0.15) is 0 Å². The molecule has 2 aromatic carbocycles. The third-order valence-corrected chi connectivity index (χ3v) is 6.88. The van der Waals surface area contributed by atoms with E-state index in [1.807, 2.05) is 6.07 Å². The van der Waals surface area contributed by atoms with Gasteiger partial charge in [-0.1, -0.05) is 24.3 Å². The predicted molar refractivity (Wildman–Crippen MR) is 110 cm³/mol. The topological polar surface area (TPSA) is 53.5 Å². The second-order valence-electron chi connectivity index (χ2n) is 7.47. The molecule has 2 amide bonds. The Kier molecular flexibility index (Phi) is 4.45. The highest BCUT2D eigenvalue weighted by Gasteiger charge is 2.35. The second-order valence-corrected chi connectivity index (χ2v) is 8.53. The fourth-order valence-electron chi connectivity index (χ4n) is 4.21. The lowest BCUT2D eigenvalue weighted by molar-refractivity contribution is 0.0629. The van der Waals surface area contributed by atoms with Crippen LogP contribution in [0, 0.1) is 0 Å². The molecule has 5 nitrogen and oxygen atoms in total. The lowest BCUT2D eigenvalue weighted by Crippen LogP contribution is -2.41. The summed E-state index contributed by atoms with van der Waals surface area (Å²) in [5.74, 6) is 0.0917. The molecule has 1 atom stereocenters. The number of para-hydroxylation sites is 1. The van der Waals surface area contributed by atoms with Crippen molar-refractivity contribution in [1.82, 2.24) is 14.8 Å². The maximum atomic E-state index is 12.5. The number of hydrogen-bond donors (Lipinski definition) is 0. The Morgan fingerprint density at radius 3 is 2.43 bits per heavy atom. The molecule has 28 heavy (non-hydrogen) atoms. The van der Waals surface area contributed by atoms with E-state index in [0.29, 0.717) is 30.1 Å². The zero-order valence-corrected chi connectivity index (χ0v) is 16.3. The summed E-state index contributed by atoms with van der Waals surface area (Å²) in [4.78, 5) is 33.7. The maximum absolute atomic E-state index is 12.5. The van der Waals surface area contributed by atoms with Gasteiger partial charge in [0.1, 0.15) is 0 Å². The van der Waals surface area contributed by atoms with Crippen molar-refractivity contribution in [2.45, 2.75) is 18.8 Å². The number of aromatic nitrogens is 1. The van der Waals surface area contributed by atoms with Crippen molar-refractivity contribution < 1.29 is 9.59 Å². The summed E-state index contributed by atoms with van der Waals surface area (Å²) in [6.07, 6.45) is 2.26. The monoisotopic (exact) mass is 391 g/mol. The highest BCUT2D eigenvalue weighted by Crippen LogP contribution is 2.33. The van der Waals surface area contributed by atoms with Crippen LogP contribution in [0.3, 0.4) is 0 Å². The third-order valence-electron chi connectivity index (χ3n) is 5.68. The van der Waals surface area contributed by atoms with Gasteiger partial charge in [-0.25, -0.2) is 4.98 Å². The molecule has 1 aromatic heterocycles. The Morgan fingerprint density at radius 1 is 0.964 bits per heavy atom. The molecule has 0 saturated carbocycles. The van der Waals surface area contributed by atoms with Crippen molar-refractivity contribution in [3.8, 4) is 0 Å². The van der Waals surface area contributed by atoms with E-state index in [1.54, 1.807) is 35.6 Å². The minimum absolute atomic E-state index is 0.166. The summed E-state index contributed by atoms with van der Waals surface area (Å²) in [5.41, 5.74) is 2.13. The van der Waals surface area contributed by atoms with Crippen molar-refractivity contribution in [2.75, 3.05) is 26.2 Å². The van der Waals surface area contributed by atoms with E-state index in [9.17, 15) is 9.59 Å². The Bertz CT molecular complexity index is 993. The highest BCUT2D eigenvalue weighted by molar-refractivity contribution is 7.18. The summed E-state index contributed by atoms with van der Waals surface area (Å²) < 4.78 is 1.24. The number of nitrogens with zero attached hydrogens (tertiary/aromatic N) is 3. The fourth-order valence-corrected chi connectivity index (χ4v) is 5.30. The summed E-state index contributed by atoms with van der Waals surface area (Å²) in [6.45, 7) is 3.10. The molecule has 1 saturated heterocycles. The lowest BCUT2D eigenvalue weighted by atomic mass is 9.99. The molecule has 1 fully saturated rings. The summed E-state index contributed by atoms with van der Waals surface area (Å²) in [7, 11) is 0. The average molecular weight is 391 g/mol. The Labute approximate surface area is 167 Å². The number of hydrogen-bond acceptors (Lipinski definition) is 5. The van der Waals surface area contributed by atoms with Gasteiger partial charge < -0.3 is 4.90 Å². The normalized spacial score (nSPS) is 20.1. The molecule has 3 aromatic rings. The third kappa shape index (κ3) is 3.02. The molecule has 0 unspecified atom stereocenters. The highest BCUT2D eigenvalue weighted by atomic mass is 32.1. The zero-order valence-electron chi connectivity index (χ0n) is 15.5. The van der Waals surface area contributed by atoms with Gasteiger partial charge in [-0.15, -0.1) is 11.3 Å². The molecule has 0 bridgehead atoms. The summed E-state index contributed by atoms with van der Waals surface area (Å²) in [6, 6.07) is 15.4. The molecule has 0 aliphatic carbocycles.